The van der Waals surface area contributed by atoms with E-state index in [9.17, 15) is 19.2 Å². The van der Waals surface area contributed by atoms with E-state index in [0.29, 0.717) is 0 Å². The second kappa shape index (κ2) is 17.4. The second-order valence-corrected chi connectivity index (χ2v) is 14.8. The van der Waals surface area contributed by atoms with Gasteiger partial charge in [-0.05, 0) is 59.7 Å². The minimum absolute atomic E-state index is 0.0295. The molecule has 0 saturated heterocycles. The average Bonchev–Trinajstić information content (AvgIpc) is 3.52. The van der Waals surface area contributed by atoms with Gasteiger partial charge >= 0.3 is 12.2 Å². The molecule has 10 nitrogen and oxygen atoms in total. The molecular formula is C46H48N4O6. The van der Waals surface area contributed by atoms with Crippen LogP contribution in [0.25, 0.3) is 11.1 Å². The number of likely N-dealkylation sites (N-methyl/N-ethyl adjacent to an activating group) is 1. The maximum atomic E-state index is 14.4. The van der Waals surface area contributed by atoms with E-state index < -0.39 is 47.6 Å². The van der Waals surface area contributed by atoms with Crippen LogP contribution in [-0.2, 0) is 24.6 Å². The maximum Gasteiger partial charge on any atom is 0.407 e. The van der Waals surface area contributed by atoms with Crippen LogP contribution in [0.2, 0.25) is 0 Å². The topological polar surface area (TPSA) is 126 Å². The average molecular weight is 753 g/mol. The quantitative estimate of drug-likeness (QED) is 0.108. The van der Waals surface area contributed by atoms with Gasteiger partial charge in [-0.1, -0.05) is 140 Å². The van der Waals surface area contributed by atoms with Crippen molar-refractivity contribution in [2.45, 2.75) is 50.3 Å². The van der Waals surface area contributed by atoms with E-state index in [1.165, 1.54) is 4.90 Å². The normalized spacial score (nSPS) is 12.7. The zero-order valence-corrected chi connectivity index (χ0v) is 32.2. The number of ether oxygens (including phenoxy) is 2. The zero-order valence-electron chi connectivity index (χ0n) is 32.2. The number of fused-ring (bicyclic) bond motifs is 3. The summed E-state index contributed by atoms with van der Waals surface area (Å²) >= 11 is 0. The van der Waals surface area contributed by atoms with E-state index in [0.717, 1.165) is 38.9 Å². The monoisotopic (exact) mass is 752 g/mol. The molecule has 0 aromatic heterocycles. The lowest BCUT2D eigenvalue weighted by Crippen LogP contribution is -2.53. The summed E-state index contributed by atoms with van der Waals surface area (Å²) in [7, 11) is 1.55. The van der Waals surface area contributed by atoms with Crippen molar-refractivity contribution in [1.29, 1.82) is 0 Å². The molecule has 1 atom stereocenters. The van der Waals surface area contributed by atoms with Gasteiger partial charge in [0.15, 0.2) is 0 Å². The lowest BCUT2D eigenvalue weighted by molar-refractivity contribution is -0.135. The van der Waals surface area contributed by atoms with Gasteiger partial charge < -0.3 is 30.3 Å². The lowest BCUT2D eigenvalue weighted by atomic mass is 9.77. The molecule has 0 fully saturated rings. The molecule has 1 aliphatic rings. The predicted molar refractivity (Wildman–Crippen MR) is 216 cm³/mol. The summed E-state index contributed by atoms with van der Waals surface area (Å²) in [5.74, 6) is -1.22. The number of nitrogens with one attached hydrogen (secondary N) is 3. The minimum atomic E-state index is -1.31. The van der Waals surface area contributed by atoms with Crippen molar-refractivity contribution in [3.63, 3.8) is 0 Å². The Kier molecular flexibility index (Phi) is 12.2. The van der Waals surface area contributed by atoms with Gasteiger partial charge in [0.1, 0.15) is 23.8 Å². The van der Waals surface area contributed by atoms with Crippen LogP contribution in [0.3, 0.4) is 0 Å². The van der Waals surface area contributed by atoms with E-state index in [1.54, 1.807) is 27.8 Å². The van der Waals surface area contributed by atoms with Crippen molar-refractivity contribution >= 4 is 24.0 Å². The van der Waals surface area contributed by atoms with Gasteiger partial charge in [0.2, 0.25) is 11.8 Å². The molecule has 6 rings (SSSR count). The Balaban J connectivity index is 1.24. The molecule has 4 amide bonds. The third-order valence-corrected chi connectivity index (χ3v) is 9.76. The highest BCUT2D eigenvalue weighted by Gasteiger charge is 2.39. The first-order valence-corrected chi connectivity index (χ1v) is 18.8. The van der Waals surface area contributed by atoms with E-state index in [1.807, 2.05) is 127 Å². The van der Waals surface area contributed by atoms with Crippen molar-refractivity contribution in [1.82, 2.24) is 20.9 Å². The molecule has 56 heavy (non-hydrogen) atoms. The molecule has 10 heteroatoms. The molecule has 1 aliphatic carbocycles. The fourth-order valence-corrected chi connectivity index (χ4v) is 7.23. The summed E-state index contributed by atoms with van der Waals surface area (Å²) in [6.07, 6.45) is -1.86. The summed E-state index contributed by atoms with van der Waals surface area (Å²) in [6.45, 7) is 5.48. The van der Waals surface area contributed by atoms with Gasteiger partial charge in [-0.3, -0.25) is 9.59 Å². The SMILES string of the molecule is CN(CCNC(=O)OC(C)(C)C)C(=O)[C@@H](CC(=O)NC(c1ccccc1)(c1ccccc1)c1ccccc1)NC(=O)OCC1c2ccccc2-c2ccccc21. The molecule has 3 N–H and O–H groups in total. The largest absolute Gasteiger partial charge is 0.449 e. The Morgan fingerprint density at radius 1 is 0.661 bits per heavy atom. The highest BCUT2D eigenvalue weighted by atomic mass is 16.6. The van der Waals surface area contributed by atoms with Crippen molar-refractivity contribution in [2.75, 3.05) is 26.7 Å². The van der Waals surface area contributed by atoms with E-state index in [4.69, 9.17) is 9.47 Å². The fourth-order valence-electron chi connectivity index (χ4n) is 7.23. The molecule has 0 unspecified atom stereocenters. The van der Waals surface area contributed by atoms with Crippen molar-refractivity contribution < 1.29 is 28.7 Å². The molecule has 0 spiro atoms. The van der Waals surface area contributed by atoms with Crippen LogP contribution < -0.4 is 16.0 Å². The van der Waals surface area contributed by atoms with Crippen LogP contribution in [0.5, 0.6) is 0 Å². The second-order valence-electron chi connectivity index (χ2n) is 14.8. The van der Waals surface area contributed by atoms with Gasteiger partial charge in [0.05, 0.1) is 6.42 Å². The molecule has 5 aromatic carbocycles. The lowest BCUT2D eigenvalue weighted by Gasteiger charge is -2.37. The summed E-state index contributed by atoms with van der Waals surface area (Å²) in [6, 6.07) is 43.6. The zero-order chi connectivity index (χ0) is 39.7. The number of carbonyl (C=O) groups excluding carboxylic acids is 4. The van der Waals surface area contributed by atoms with Gasteiger partial charge in [-0.15, -0.1) is 0 Å². The minimum Gasteiger partial charge on any atom is -0.449 e. The van der Waals surface area contributed by atoms with E-state index in [2.05, 4.69) is 28.1 Å². The van der Waals surface area contributed by atoms with E-state index >= 15 is 0 Å². The first kappa shape index (κ1) is 39.3. The third-order valence-electron chi connectivity index (χ3n) is 9.76. The van der Waals surface area contributed by atoms with Crippen LogP contribution >= 0.6 is 0 Å². The van der Waals surface area contributed by atoms with Crippen LogP contribution in [0.1, 0.15) is 60.9 Å². The van der Waals surface area contributed by atoms with Crippen LogP contribution in [0, 0.1) is 0 Å². The molecule has 0 saturated carbocycles. The summed E-state index contributed by atoms with van der Waals surface area (Å²) in [5, 5.41) is 8.64. The number of alkyl carbamates (subject to hydrolysis) is 2. The molecule has 0 bridgehead atoms. The smallest absolute Gasteiger partial charge is 0.407 e. The molecular weight excluding hydrogens is 705 g/mol. The Morgan fingerprint density at radius 3 is 1.61 bits per heavy atom. The standard InChI is InChI=1S/C46H48N4O6/c1-45(2,3)56-43(53)47-28-29-50(4)42(52)40(48-44(54)55-31-39-37-26-16-14-24-35(37)36-25-15-17-27-38(36)39)30-41(51)49-46(32-18-8-5-9-19-32,33-20-10-6-11-21-33)34-22-12-7-13-23-34/h5-27,39-40H,28-31H2,1-4H3,(H,47,53)(H,48,54)(H,49,51)/t40-/m1/s1. The van der Waals surface area contributed by atoms with Crippen LogP contribution in [-0.4, -0.2) is 67.3 Å². The summed E-state index contributed by atoms with van der Waals surface area (Å²) in [5.41, 5.74) is 4.86. The Hall–Kier alpha value is -6.42. The summed E-state index contributed by atoms with van der Waals surface area (Å²) in [4.78, 5) is 55.8. The Morgan fingerprint density at radius 2 is 1.12 bits per heavy atom. The molecule has 0 radical (unpaired) electrons. The number of hydrogen-bond donors (Lipinski definition) is 3. The number of rotatable bonds is 13. The first-order valence-electron chi connectivity index (χ1n) is 18.8. The number of benzene rings is 5. The number of carbonyl (C=O) groups is 4. The van der Waals surface area contributed by atoms with Gasteiger partial charge in [0, 0.05) is 26.1 Å². The number of nitrogens with zero attached hydrogens (tertiary/aromatic N) is 1. The highest BCUT2D eigenvalue weighted by molar-refractivity contribution is 5.91. The molecule has 5 aromatic rings. The van der Waals surface area contributed by atoms with Crippen molar-refractivity contribution in [3.8, 4) is 11.1 Å². The third kappa shape index (κ3) is 9.09. The van der Waals surface area contributed by atoms with Crippen LogP contribution in [0.4, 0.5) is 9.59 Å². The highest BCUT2D eigenvalue weighted by Crippen LogP contribution is 2.44. The Bertz CT molecular complexity index is 1990. The van der Waals surface area contributed by atoms with Gasteiger partial charge in [-0.25, -0.2) is 9.59 Å². The molecule has 288 valence electrons. The van der Waals surface area contributed by atoms with E-state index in [-0.39, 0.29) is 25.6 Å². The first-order chi connectivity index (χ1) is 27.0. The fraction of sp³-hybridized carbons (Fsp3) is 0.261. The number of hydrogen-bond acceptors (Lipinski definition) is 6. The van der Waals surface area contributed by atoms with Gasteiger partial charge in [-0.2, -0.15) is 0 Å². The van der Waals surface area contributed by atoms with Crippen molar-refractivity contribution in [2.24, 2.45) is 0 Å². The molecule has 0 aliphatic heterocycles. The maximum absolute atomic E-state index is 14.4. The van der Waals surface area contributed by atoms with Crippen molar-refractivity contribution in [3.05, 3.63) is 167 Å². The number of amides is 4. The van der Waals surface area contributed by atoms with Gasteiger partial charge in [0.25, 0.3) is 0 Å². The van der Waals surface area contributed by atoms with Crippen LogP contribution in [0.15, 0.2) is 140 Å². The summed E-state index contributed by atoms with van der Waals surface area (Å²) < 4.78 is 11.1. The predicted octanol–water partition coefficient (Wildman–Crippen LogP) is 7.38. The Labute approximate surface area is 328 Å². The molecule has 0 heterocycles.